The molecule has 12 N–H and O–H groups in total. The van der Waals surface area contributed by atoms with Crippen LogP contribution in [0.5, 0.6) is 0 Å². The van der Waals surface area contributed by atoms with Crippen LogP contribution in [0.15, 0.2) is 12.5 Å². The SMILES string of the molecule is NCCCCC(NC(=O)C(N)CC(N)=O)C(=O)NC(CCC(=O)O)C(=O)NC(Cc1cnc[nH]1)C(=O)O. The third-order valence-electron chi connectivity index (χ3n) is 5.21. The largest absolute Gasteiger partial charge is 0.481 e. The molecule has 206 valence electrons. The van der Waals surface area contributed by atoms with Crippen molar-refractivity contribution in [1.29, 1.82) is 0 Å². The van der Waals surface area contributed by atoms with Gasteiger partial charge in [0.2, 0.25) is 23.6 Å². The summed E-state index contributed by atoms with van der Waals surface area (Å²) in [5.41, 5.74) is 16.6. The average molecular weight is 527 g/mol. The lowest BCUT2D eigenvalue weighted by atomic mass is 10.0. The Kier molecular flexibility index (Phi) is 13.3. The van der Waals surface area contributed by atoms with Crippen molar-refractivity contribution in [3.8, 4) is 0 Å². The fourth-order valence-corrected chi connectivity index (χ4v) is 3.25. The zero-order chi connectivity index (χ0) is 28.0. The number of carboxylic acids is 2. The topological polar surface area (TPSA) is 286 Å². The number of nitrogens with two attached hydrogens (primary N) is 3. The number of carbonyl (C=O) groups excluding carboxylic acids is 4. The van der Waals surface area contributed by atoms with E-state index >= 15 is 0 Å². The number of rotatable bonds is 18. The number of unbranched alkanes of at least 4 members (excludes halogenated alkanes) is 1. The predicted molar refractivity (Wildman–Crippen MR) is 127 cm³/mol. The minimum atomic E-state index is -1.43. The Balaban J connectivity index is 3.01. The van der Waals surface area contributed by atoms with E-state index in [9.17, 15) is 33.9 Å². The monoisotopic (exact) mass is 526 g/mol. The van der Waals surface area contributed by atoms with Crippen LogP contribution < -0.4 is 33.2 Å². The lowest BCUT2D eigenvalue weighted by Crippen LogP contribution is -2.57. The Morgan fingerprint density at radius 1 is 0.919 bits per heavy atom. The molecule has 0 fully saturated rings. The number of aromatic nitrogens is 2. The number of H-pyrrole nitrogens is 1. The van der Waals surface area contributed by atoms with Gasteiger partial charge in [0.15, 0.2) is 0 Å². The number of nitrogens with one attached hydrogen (secondary N) is 4. The highest BCUT2D eigenvalue weighted by molar-refractivity contribution is 5.95. The molecule has 16 heteroatoms. The van der Waals surface area contributed by atoms with Gasteiger partial charge in [0.05, 0.1) is 18.8 Å². The highest BCUT2D eigenvalue weighted by atomic mass is 16.4. The maximum atomic E-state index is 13.0. The maximum Gasteiger partial charge on any atom is 0.326 e. The van der Waals surface area contributed by atoms with E-state index in [0.29, 0.717) is 25.1 Å². The Hall–Kier alpha value is -4.05. The molecule has 0 aliphatic carbocycles. The Morgan fingerprint density at radius 2 is 1.51 bits per heavy atom. The van der Waals surface area contributed by atoms with Gasteiger partial charge in [-0.15, -0.1) is 0 Å². The molecule has 1 rings (SSSR count). The normalized spacial score (nSPS) is 14.0. The van der Waals surface area contributed by atoms with Crippen molar-refractivity contribution in [3.05, 3.63) is 18.2 Å². The molecular weight excluding hydrogens is 492 g/mol. The van der Waals surface area contributed by atoms with Crippen molar-refractivity contribution in [3.63, 3.8) is 0 Å². The molecule has 4 atom stereocenters. The summed E-state index contributed by atoms with van der Waals surface area (Å²) < 4.78 is 0. The van der Waals surface area contributed by atoms with Gasteiger partial charge >= 0.3 is 11.9 Å². The van der Waals surface area contributed by atoms with E-state index in [-0.39, 0.29) is 19.3 Å². The van der Waals surface area contributed by atoms with Crippen LogP contribution in [-0.2, 0) is 35.2 Å². The van der Waals surface area contributed by atoms with Gasteiger partial charge in [0, 0.05) is 24.7 Å². The van der Waals surface area contributed by atoms with E-state index in [1.54, 1.807) is 0 Å². The molecule has 4 unspecified atom stereocenters. The molecule has 0 saturated heterocycles. The van der Waals surface area contributed by atoms with Crippen LogP contribution in [0.4, 0.5) is 0 Å². The van der Waals surface area contributed by atoms with E-state index < -0.39 is 72.6 Å². The molecule has 0 bridgehead atoms. The van der Waals surface area contributed by atoms with Crippen LogP contribution in [-0.4, -0.2) is 86.5 Å². The zero-order valence-corrected chi connectivity index (χ0v) is 20.1. The van der Waals surface area contributed by atoms with Crippen molar-refractivity contribution >= 4 is 35.6 Å². The second-order valence-corrected chi connectivity index (χ2v) is 8.30. The molecule has 4 amide bonds. The molecule has 0 saturated carbocycles. The molecule has 0 aliphatic rings. The first-order chi connectivity index (χ1) is 17.4. The summed E-state index contributed by atoms with van der Waals surface area (Å²) in [4.78, 5) is 78.6. The minimum absolute atomic E-state index is 0.100. The number of aliphatic carboxylic acids is 2. The zero-order valence-electron chi connectivity index (χ0n) is 20.1. The van der Waals surface area contributed by atoms with Crippen LogP contribution in [0, 0.1) is 0 Å². The molecule has 1 heterocycles. The summed E-state index contributed by atoms with van der Waals surface area (Å²) in [6.45, 7) is 0.319. The average Bonchev–Trinajstić information content (AvgIpc) is 3.32. The van der Waals surface area contributed by atoms with Crippen molar-refractivity contribution in [2.75, 3.05) is 6.54 Å². The molecule has 0 spiro atoms. The molecule has 0 aromatic carbocycles. The number of amides is 4. The van der Waals surface area contributed by atoms with Gasteiger partial charge < -0.3 is 48.3 Å². The quantitative estimate of drug-likeness (QED) is 0.0853. The summed E-state index contributed by atoms with van der Waals surface area (Å²) in [7, 11) is 0. The van der Waals surface area contributed by atoms with Gasteiger partial charge in [0.25, 0.3) is 0 Å². The van der Waals surface area contributed by atoms with Gasteiger partial charge in [0.1, 0.15) is 18.1 Å². The molecule has 1 aromatic rings. The summed E-state index contributed by atoms with van der Waals surface area (Å²) in [6.07, 6.45) is 2.28. The van der Waals surface area contributed by atoms with Crippen LogP contribution in [0.25, 0.3) is 0 Å². The predicted octanol–water partition coefficient (Wildman–Crippen LogP) is -3.31. The fraction of sp³-hybridized carbons (Fsp3) is 0.571. The van der Waals surface area contributed by atoms with E-state index in [2.05, 4.69) is 25.9 Å². The number of hydrogen-bond acceptors (Lipinski definition) is 9. The number of primary amides is 1. The number of aromatic amines is 1. The maximum absolute atomic E-state index is 13.0. The molecule has 37 heavy (non-hydrogen) atoms. The van der Waals surface area contributed by atoms with Crippen LogP contribution in [0.3, 0.4) is 0 Å². The van der Waals surface area contributed by atoms with Gasteiger partial charge in [-0.1, -0.05) is 0 Å². The summed E-state index contributed by atoms with van der Waals surface area (Å²) in [5.74, 6) is -6.02. The second kappa shape index (κ2) is 15.8. The molecule has 0 aliphatic heterocycles. The molecule has 0 radical (unpaired) electrons. The second-order valence-electron chi connectivity index (χ2n) is 8.30. The molecule has 1 aromatic heterocycles. The lowest BCUT2D eigenvalue weighted by Gasteiger charge is -2.25. The Bertz CT molecular complexity index is 939. The Labute approximate surface area is 212 Å². The van der Waals surface area contributed by atoms with Crippen molar-refractivity contribution in [2.45, 2.75) is 69.1 Å². The van der Waals surface area contributed by atoms with Gasteiger partial charge in [-0.2, -0.15) is 0 Å². The lowest BCUT2D eigenvalue weighted by molar-refractivity contribution is -0.143. The Morgan fingerprint density at radius 3 is 2.03 bits per heavy atom. The minimum Gasteiger partial charge on any atom is -0.481 e. The molecule has 16 nitrogen and oxygen atoms in total. The van der Waals surface area contributed by atoms with Crippen molar-refractivity contribution in [1.82, 2.24) is 25.9 Å². The number of imidazole rings is 1. The number of carbonyl (C=O) groups is 6. The van der Waals surface area contributed by atoms with Gasteiger partial charge in [-0.3, -0.25) is 24.0 Å². The van der Waals surface area contributed by atoms with Gasteiger partial charge in [-0.25, -0.2) is 9.78 Å². The van der Waals surface area contributed by atoms with E-state index in [1.165, 1.54) is 12.5 Å². The smallest absolute Gasteiger partial charge is 0.326 e. The number of carboxylic acid groups (broad SMARTS) is 2. The summed E-state index contributed by atoms with van der Waals surface area (Å²) in [5, 5.41) is 25.6. The third-order valence-corrected chi connectivity index (χ3v) is 5.21. The first kappa shape index (κ1) is 31.0. The highest BCUT2D eigenvalue weighted by Gasteiger charge is 2.31. The van der Waals surface area contributed by atoms with Crippen molar-refractivity contribution < 1.29 is 39.0 Å². The van der Waals surface area contributed by atoms with E-state index in [1.807, 2.05) is 0 Å². The molecular formula is C21H34N8O8. The first-order valence-electron chi connectivity index (χ1n) is 11.5. The number of nitrogens with zero attached hydrogens (tertiary/aromatic N) is 1. The summed E-state index contributed by atoms with van der Waals surface area (Å²) >= 11 is 0. The van der Waals surface area contributed by atoms with Crippen LogP contribution in [0.2, 0.25) is 0 Å². The van der Waals surface area contributed by atoms with E-state index in [0.717, 1.165) is 0 Å². The van der Waals surface area contributed by atoms with Crippen LogP contribution >= 0.6 is 0 Å². The highest BCUT2D eigenvalue weighted by Crippen LogP contribution is 2.07. The van der Waals surface area contributed by atoms with E-state index in [4.69, 9.17) is 22.3 Å². The van der Waals surface area contributed by atoms with Crippen molar-refractivity contribution in [2.24, 2.45) is 17.2 Å². The first-order valence-corrected chi connectivity index (χ1v) is 11.5. The van der Waals surface area contributed by atoms with Gasteiger partial charge in [-0.05, 0) is 32.2 Å². The third kappa shape index (κ3) is 12.0. The van der Waals surface area contributed by atoms with Crippen LogP contribution in [0.1, 0.15) is 44.2 Å². The summed E-state index contributed by atoms with van der Waals surface area (Å²) in [6, 6.07) is -5.34. The number of hydrogen-bond donors (Lipinski definition) is 9. The fourth-order valence-electron chi connectivity index (χ4n) is 3.25. The standard InChI is InChI=1S/C21H34N8O8/c22-6-2-1-3-13(27-18(33)12(23)8-16(24)30)19(34)28-14(4-5-17(31)32)20(35)29-15(21(36)37)7-11-9-25-10-26-11/h9-10,12-15H,1-8,22-23H2,(H2,24,30)(H,25,26)(H,27,33)(H,28,34)(H,29,35)(H,31,32)(H,36,37).